The molecule has 0 aromatic carbocycles. The summed E-state index contributed by atoms with van der Waals surface area (Å²) in [6.07, 6.45) is 0.277. The molecule has 0 aliphatic rings. The smallest absolute Gasteiger partial charge is 0.349 e. The van der Waals surface area contributed by atoms with Crippen LogP contribution in [0.5, 0.6) is 0 Å². The lowest BCUT2D eigenvalue weighted by atomic mass is 10.0. The maximum Gasteiger partial charge on any atom is 0.349 e. The maximum absolute atomic E-state index is 12.2. The predicted molar refractivity (Wildman–Crippen MR) is 78.0 cm³/mol. The summed E-state index contributed by atoms with van der Waals surface area (Å²) in [4.78, 5) is 11.4. The van der Waals surface area contributed by atoms with E-state index in [1.807, 2.05) is 0 Å². The van der Waals surface area contributed by atoms with Crippen molar-refractivity contribution < 1.29 is 27.8 Å². The highest BCUT2D eigenvalue weighted by Gasteiger charge is 2.28. The molecule has 7 nitrogen and oxygen atoms in total. The Morgan fingerprint density at radius 1 is 1.48 bits per heavy atom. The normalized spacial score (nSPS) is 14.7. The summed E-state index contributed by atoms with van der Waals surface area (Å²) in [5.74, 6) is -0.712. The number of methoxy groups -OCH3 is 2. The highest BCUT2D eigenvalue weighted by Crippen LogP contribution is 2.23. The van der Waals surface area contributed by atoms with Crippen molar-refractivity contribution >= 4 is 27.3 Å². The zero-order valence-electron chi connectivity index (χ0n) is 12.1. The molecule has 0 saturated carbocycles. The van der Waals surface area contributed by atoms with Gasteiger partial charge in [0.1, 0.15) is 9.77 Å². The Bertz CT molecular complexity index is 578. The molecule has 0 bridgehead atoms. The minimum Gasteiger partial charge on any atom is -0.465 e. The van der Waals surface area contributed by atoms with E-state index in [0.29, 0.717) is 6.61 Å². The molecule has 9 heteroatoms. The second kappa shape index (κ2) is 7.32. The van der Waals surface area contributed by atoms with Gasteiger partial charge >= 0.3 is 5.97 Å². The Labute approximate surface area is 127 Å². The third-order valence-electron chi connectivity index (χ3n) is 2.78. The van der Waals surface area contributed by atoms with Crippen LogP contribution in [0.15, 0.2) is 16.3 Å². The molecule has 0 radical (unpaired) electrons. The van der Waals surface area contributed by atoms with Gasteiger partial charge in [-0.05, 0) is 18.4 Å². The number of nitrogens with one attached hydrogen (secondary N) is 1. The number of carbonyl (C=O) groups excluding carboxylic acids is 1. The van der Waals surface area contributed by atoms with Crippen molar-refractivity contribution in [2.75, 3.05) is 27.4 Å². The van der Waals surface area contributed by atoms with E-state index in [-0.39, 0.29) is 22.7 Å². The van der Waals surface area contributed by atoms with E-state index >= 15 is 0 Å². The van der Waals surface area contributed by atoms with E-state index in [9.17, 15) is 18.3 Å². The zero-order valence-corrected chi connectivity index (χ0v) is 13.7. The van der Waals surface area contributed by atoms with Gasteiger partial charge in [0.25, 0.3) is 0 Å². The molecule has 0 aliphatic heterocycles. The van der Waals surface area contributed by atoms with Crippen LogP contribution in [-0.2, 0) is 19.5 Å². The predicted octanol–water partition coefficient (Wildman–Crippen LogP) is 0.600. The Hall–Kier alpha value is -1.00. The molecular weight excluding hydrogens is 318 g/mol. The summed E-state index contributed by atoms with van der Waals surface area (Å²) in [6, 6.07) is 1.32. The molecule has 2 N–H and O–H groups in total. The Morgan fingerprint density at radius 2 is 2.14 bits per heavy atom. The summed E-state index contributed by atoms with van der Waals surface area (Å²) in [6.45, 7) is 1.62. The molecule has 1 aromatic heterocycles. The number of aliphatic hydroxyl groups is 1. The molecule has 0 saturated heterocycles. The second-order valence-corrected chi connectivity index (χ2v) is 7.32. The Kier molecular flexibility index (Phi) is 6.29. The molecule has 120 valence electrons. The van der Waals surface area contributed by atoms with E-state index in [4.69, 9.17) is 4.74 Å². The van der Waals surface area contributed by atoms with E-state index < -0.39 is 21.6 Å². The van der Waals surface area contributed by atoms with Crippen molar-refractivity contribution in [2.24, 2.45) is 0 Å². The van der Waals surface area contributed by atoms with Gasteiger partial charge in [0.2, 0.25) is 10.0 Å². The van der Waals surface area contributed by atoms with Crippen LogP contribution in [0.4, 0.5) is 0 Å². The maximum atomic E-state index is 12.2. The third-order valence-corrected chi connectivity index (χ3v) is 5.24. The largest absolute Gasteiger partial charge is 0.465 e. The van der Waals surface area contributed by atoms with Crippen LogP contribution < -0.4 is 4.72 Å². The molecule has 1 unspecified atom stereocenters. The van der Waals surface area contributed by atoms with Gasteiger partial charge in [-0.1, -0.05) is 0 Å². The van der Waals surface area contributed by atoms with Crippen LogP contribution in [0, 0.1) is 0 Å². The molecule has 0 fully saturated rings. The fourth-order valence-electron chi connectivity index (χ4n) is 1.49. The number of carbonyl (C=O) groups is 1. The summed E-state index contributed by atoms with van der Waals surface area (Å²) in [5.41, 5.74) is -1.25. The van der Waals surface area contributed by atoms with Crippen LogP contribution in [-0.4, -0.2) is 52.5 Å². The summed E-state index contributed by atoms with van der Waals surface area (Å²) >= 11 is 0.980. The van der Waals surface area contributed by atoms with Crippen LogP contribution >= 0.6 is 11.3 Å². The lowest BCUT2D eigenvalue weighted by Gasteiger charge is -2.23. The minimum absolute atomic E-state index is 0.00142. The quantitative estimate of drug-likeness (QED) is 0.674. The van der Waals surface area contributed by atoms with Gasteiger partial charge in [-0.25, -0.2) is 17.9 Å². The number of esters is 1. The number of hydrogen-bond donors (Lipinski definition) is 2. The Balaban J connectivity index is 2.83. The van der Waals surface area contributed by atoms with Gasteiger partial charge in [0.05, 0.1) is 12.7 Å². The molecule has 0 aliphatic carbocycles. The van der Waals surface area contributed by atoms with Gasteiger partial charge in [-0.3, -0.25) is 0 Å². The molecule has 21 heavy (non-hydrogen) atoms. The average Bonchev–Trinajstić information content (AvgIpc) is 2.93. The molecule has 1 aromatic rings. The Morgan fingerprint density at radius 3 is 2.71 bits per heavy atom. The fraction of sp³-hybridized carbons (Fsp3) is 0.583. The average molecular weight is 337 g/mol. The van der Waals surface area contributed by atoms with Crippen LogP contribution in [0.1, 0.15) is 23.0 Å². The lowest BCUT2D eigenvalue weighted by molar-refractivity contribution is 0.0292. The first kappa shape index (κ1) is 18.1. The van der Waals surface area contributed by atoms with E-state index in [1.54, 1.807) is 0 Å². The standard InChI is InChI=1S/C12H19NO6S2/c1-12(15,5-6-18-2)8-13-21(16,17)9-4-7-20-10(9)11(14)19-3/h4,7,13,15H,5-6,8H2,1-3H3. The molecular formula is C12H19NO6S2. The van der Waals surface area contributed by atoms with Gasteiger partial charge in [-0.2, -0.15) is 0 Å². The summed E-state index contributed by atoms with van der Waals surface area (Å²) in [5, 5.41) is 11.5. The molecule has 0 spiro atoms. The fourth-order valence-corrected chi connectivity index (χ4v) is 3.98. The SMILES string of the molecule is COCCC(C)(O)CNS(=O)(=O)c1ccsc1C(=O)OC. The highest BCUT2D eigenvalue weighted by atomic mass is 32.2. The topological polar surface area (TPSA) is 102 Å². The van der Waals surface area contributed by atoms with Gasteiger partial charge in [-0.15, -0.1) is 11.3 Å². The zero-order chi connectivity index (χ0) is 16.1. The van der Waals surface area contributed by atoms with Crippen LogP contribution in [0.25, 0.3) is 0 Å². The number of thiophene rings is 1. The van der Waals surface area contributed by atoms with E-state index in [1.165, 1.54) is 32.6 Å². The van der Waals surface area contributed by atoms with Gasteiger partial charge < -0.3 is 14.6 Å². The number of ether oxygens (including phenoxy) is 2. The van der Waals surface area contributed by atoms with Crippen LogP contribution in [0.2, 0.25) is 0 Å². The molecule has 1 rings (SSSR count). The van der Waals surface area contributed by atoms with Gasteiger partial charge in [0.15, 0.2) is 0 Å². The number of rotatable bonds is 8. The molecule has 1 heterocycles. The highest BCUT2D eigenvalue weighted by molar-refractivity contribution is 7.89. The number of sulfonamides is 1. The van der Waals surface area contributed by atoms with Crippen molar-refractivity contribution in [1.29, 1.82) is 0 Å². The van der Waals surface area contributed by atoms with Crippen molar-refractivity contribution in [3.8, 4) is 0 Å². The van der Waals surface area contributed by atoms with Crippen molar-refractivity contribution in [2.45, 2.75) is 23.8 Å². The monoisotopic (exact) mass is 337 g/mol. The van der Waals surface area contributed by atoms with Crippen molar-refractivity contribution in [1.82, 2.24) is 4.72 Å². The molecule has 1 atom stereocenters. The van der Waals surface area contributed by atoms with Crippen molar-refractivity contribution in [3.05, 3.63) is 16.3 Å². The van der Waals surface area contributed by atoms with Gasteiger partial charge in [0, 0.05) is 26.7 Å². The lowest BCUT2D eigenvalue weighted by Crippen LogP contribution is -2.41. The minimum atomic E-state index is -3.90. The first-order chi connectivity index (χ1) is 9.73. The van der Waals surface area contributed by atoms with Crippen molar-refractivity contribution in [3.63, 3.8) is 0 Å². The molecule has 0 amide bonds. The summed E-state index contributed by atoms with van der Waals surface area (Å²) < 4.78 is 36.1. The van der Waals surface area contributed by atoms with E-state index in [2.05, 4.69) is 9.46 Å². The summed E-state index contributed by atoms with van der Waals surface area (Å²) in [7, 11) is -1.23. The first-order valence-electron chi connectivity index (χ1n) is 6.10. The number of hydrogen-bond acceptors (Lipinski definition) is 7. The van der Waals surface area contributed by atoms with Crippen LogP contribution in [0.3, 0.4) is 0 Å². The second-order valence-electron chi connectivity index (χ2n) is 4.67. The van der Waals surface area contributed by atoms with E-state index in [0.717, 1.165) is 11.3 Å². The first-order valence-corrected chi connectivity index (χ1v) is 8.46. The third kappa shape index (κ3) is 5.04.